The van der Waals surface area contributed by atoms with Gasteiger partial charge >= 0.3 is 12.1 Å². The molecule has 5 atom stereocenters. The van der Waals surface area contributed by atoms with Gasteiger partial charge in [0.2, 0.25) is 0 Å². The number of aliphatic hydroxyl groups is 1. The molecule has 0 aliphatic heterocycles. The van der Waals surface area contributed by atoms with E-state index < -0.39 is 29.8 Å². The molecule has 0 amide bonds. The number of hydrogen-bond donors (Lipinski definition) is 1. The summed E-state index contributed by atoms with van der Waals surface area (Å²) in [6.45, 7) is 6.28. The molecule has 1 aromatic carbocycles. The third kappa shape index (κ3) is 3.88. The first kappa shape index (κ1) is 24.1. The smallest absolute Gasteiger partial charge is 0.432 e. The summed E-state index contributed by atoms with van der Waals surface area (Å²) in [5, 5.41) is 10.2. The van der Waals surface area contributed by atoms with Crippen molar-refractivity contribution >= 4 is 5.97 Å². The van der Waals surface area contributed by atoms with E-state index in [1.54, 1.807) is 6.07 Å². The van der Waals surface area contributed by atoms with Gasteiger partial charge in [-0.3, -0.25) is 0 Å². The maximum absolute atomic E-state index is 14.2. The lowest BCUT2D eigenvalue weighted by atomic mass is 9.48. The first-order chi connectivity index (χ1) is 14.4. The van der Waals surface area contributed by atoms with Crippen LogP contribution in [0.2, 0.25) is 0 Å². The number of alkyl halides is 3. The Morgan fingerprint density at radius 3 is 2.32 bits per heavy atom. The van der Waals surface area contributed by atoms with Gasteiger partial charge in [-0.15, -0.1) is 0 Å². The second kappa shape index (κ2) is 8.39. The van der Waals surface area contributed by atoms with Crippen LogP contribution in [0.5, 0.6) is 0 Å². The Kier molecular flexibility index (Phi) is 6.51. The fourth-order valence-corrected chi connectivity index (χ4v) is 6.36. The maximum atomic E-state index is 14.2. The van der Waals surface area contributed by atoms with Crippen molar-refractivity contribution in [3.8, 4) is 0 Å². The predicted octanol–water partition coefficient (Wildman–Crippen LogP) is 5.24. The van der Waals surface area contributed by atoms with Crippen molar-refractivity contribution in [2.45, 2.75) is 70.8 Å². The molecule has 0 heterocycles. The molecule has 0 aromatic heterocycles. The Hall–Kier alpha value is -1.60. The lowest BCUT2D eigenvalue weighted by molar-refractivity contribution is -0.281. The van der Waals surface area contributed by atoms with Crippen LogP contribution in [0.4, 0.5) is 13.2 Å². The molecule has 2 saturated carbocycles. The number of methoxy groups -OCH3 is 1. The van der Waals surface area contributed by atoms with Crippen LogP contribution in [-0.2, 0) is 19.9 Å². The lowest BCUT2D eigenvalue weighted by Crippen LogP contribution is -2.57. The van der Waals surface area contributed by atoms with Crippen molar-refractivity contribution in [3.05, 3.63) is 35.9 Å². The van der Waals surface area contributed by atoms with Gasteiger partial charge in [-0.05, 0) is 42.4 Å². The van der Waals surface area contributed by atoms with Crippen LogP contribution in [0.25, 0.3) is 0 Å². The molecule has 2 aliphatic carbocycles. The van der Waals surface area contributed by atoms with Crippen LogP contribution in [0, 0.1) is 22.7 Å². The molecule has 1 unspecified atom stereocenters. The van der Waals surface area contributed by atoms with Crippen molar-refractivity contribution in [1.29, 1.82) is 0 Å². The summed E-state index contributed by atoms with van der Waals surface area (Å²) in [7, 11) is 0.868. The van der Waals surface area contributed by atoms with Crippen LogP contribution < -0.4 is 0 Å². The zero-order valence-corrected chi connectivity index (χ0v) is 18.7. The van der Waals surface area contributed by atoms with Gasteiger partial charge in [-0.2, -0.15) is 13.2 Å². The Morgan fingerprint density at radius 1 is 1.13 bits per heavy atom. The number of aliphatic hydroxyl groups excluding tert-OH is 1. The van der Waals surface area contributed by atoms with Gasteiger partial charge in [-0.1, -0.05) is 57.5 Å². The summed E-state index contributed by atoms with van der Waals surface area (Å²) in [6, 6.07) is 6.84. The third-order valence-corrected chi connectivity index (χ3v) is 7.94. The average molecular weight is 443 g/mol. The summed E-state index contributed by atoms with van der Waals surface area (Å²) < 4.78 is 53.1. The molecule has 1 aromatic rings. The van der Waals surface area contributed by atoms with E-state index in [1.165, 1.54) is 24.3 Å². The van der Waals surface area contributed by atoms with E-state index in [-0.39, 0.29) is 23.0 Å². The van der Waals surface area contributed by atoms with Crippen LogP contribution in [0.1, 0.15) is 58.4 Å². The molecule has 1 N–H and O–H groups in total. The minimum Gasteiger partial charge on any atom is -0.459 e. The summed E-state index contributed by atoms with van der Waals surface area (Å²) in [4.78, 5) is 13.1. The summed E-state index contributed by atoms with van der Waals surface area (Å²) in [5.41, 5.74) is -3.77. The Labute approximate surface area is 182 Å². The fraction of sp³-hybridized carbons (Fsp3) is 0.708. The number of fused-ring (bicyclic) bond motifs is 1. The monoisotopic (exact) mass is 442 g/mol. The summed E-state index contributed by atoms with van der Waals surface area (Å²) >= 11 is 0. The molecule has 31 heavy (non-hydrogen) atoms. The second-order valence-corrected chi connectivity index (χ2v) is 9.96. The Bertz CT molecular complexity index is 779. The van der Waals surface area contributed by atoms with E-state index in [1.807, 2.05) is 0 Å². The van der Waals surface area contributed by atoms with Crippen LogP contribution in [-0.4, -0.2) is 37.1 Å². The molecule has 0 saturated heterocycles. The van der Waals surface area contributed by atoms with Gasteiger partial charge in [0, 0.05) is 25.2 Å². The van der Waals surface area contributed by atoms with Crippen molar-refractivity contribution in [2.24, 2.45) is 22.7 Å². The van der Waals surface area contributed by atoms with Crippen LogP contribution >= 0.6 is 0 Å². The summed E-state index contributed by atoms with van der Waals surface area (Å²) in [6.07, 6.45) is -1.73. The van der Waals surface area contributed by atoms with Crippen molar-refractivity contribution in [3.63, 3.8) is 0 Å². The number of halogens is 3. The number of benzene rings is 1. The molecule has 3 rings (SSSR count). The minimum atomic E-state index is -5.01. The number of hydrogen-bond acceptors (Lipinski definition) is 4. The number of rotatable bonds is 5. The third-order valence-electron chi connectivity index (χ3n) is 7.94. The first-order valence-corrected chi connectivity index (χ1v) is 10.9. The number of carbonyl (C=O) groups is 1. The molecule has 4 nitrogen and oxygen atoms in total. The zero-order chi connectivity index (χ0) is 23.1. The number of ether oxygens (including phenoxy) is 2. The molecular weight excluding hydrogens is 409 g/mol. The highest BCUT2D eigenvalue weighted by atomic mass is 19.4. The molecule has 174 valence electrons. The fourth-order valence-electron chi connectivity index (χ4n) is 6.36. The topological polar surface area (TPSA) is 55.8 Å². The van der Waals surface area contributed by atoms with Gasteiger partial charge in [0.25, 0.3) is 5.60 Å². The molecule has 2 fully saturated rings. The minimum absolute atomic E-state index is 0.0711. The molecule has 2 aliphatic rings. The van der Waals surface area contributed by atoms with Gasteiger partial charge in [0.1, 0.15) is 6.10 Å². The van der Waals surface area contributed by atoms with E-state index in [0.717, 1.165) is 32.8 Å². The predicted molar refractivity (Wildman–Crippen MR) is 110 cm³/mol. The van der Waals surface area contributed by atoms with E-state index in [9.17, 15) is 23.1 Å². The van der Waals surface area contributed by atoms with E-state index in [0.29, 0.717) is 12.3 Å². The maximum Gasteiger partial charge on any atom is 0.432 e. The number of esters is 1. The molecule has 7 heteroatoms. The highest BCUT2D eigenvalue weighted by Crippen LogP contribution is 2.60. The van der Waals surface area contributed by atoms with E-state index in [4.69, 9.17) is 9.47 Å². The summed E-state index contributed by atoms with van der Waals surface area (Å²) in [5.74, 6) is -1.59. The first-order valence-electron chi connectivity index (χ1n) is 10.9. The second-order valence-electron chi connectivity index (χ2n) is 9.96. The molecular formula is C24H33F3O4. The van der Waals surface area contributed by atoms with E-state index >= 15 is 0 Å². The quantitative estimate of drug-likeness (QED) is 0.634. The largest absolute Gasteiger partial charge is 0.459 e. The van der Waals surface area contributed by atoms with Crippen molar-refractivity contribution < 1.29 is 32.5 Å². The van der Waals surface area contributed by atoms with Crippen molar-refractivity contribution in [1.82, 2.24) is 0 Å². The van der Waals surface area contributed by atoms with Crippen LogP contribution in [0.3, 0.4) is 0 Å². The Balaban J connectivity index is 1.94. The van der Waals surface area contributed by atoms with Gasteiger partial charge in [-0.25, -0.2) is 4.79 Å². The van der Waals surface area contributed by atoms with E-state index in [2.05, 4.69) is 20.8 Å². The van der Waals surface area contributed by atoms with Gasteiger partial charge in [0.05, 0.1) is 0 Å². The zero-order valence-electron chi connectivity index (χ0n) is 18.7. The Morgan fingerprint density at radius 2 is 1.77 bits per heavy atom. The normalized spacial score (nSPS) is 32.6. The van der Waals surface area contributed by atoms with Crippen molar-refractivity contribution in [2.75, 3.05) is 13.7 Å². The molecule has 0 spiro atoms. The highest BCUT2D eigenvalue weighted by molar-refractivity contribution is 5.83. The van der Waals surface area contributed by atoms with Gasteiger partial charge < -0.3 is 14.6 Å². The molecule has 0 bridgehead atoms. The standard InChI is InChI=1S/C24H33F3O4/c1-21(2)13-8-14-22(3)17(15-28)18(11-12-19(21)22)31-20(29)23(30-4,24(25,26)27)16-9-6-5-7-10-16/h5-7,9-10,17-19,28H,8,11-15H2,1-4H3/t17-,18+,19?,22+,23+/m0/s1. The average Bonchev–Trinajstić information content (AvgIpc) is 2.68. The molecule has 0 radical (unpaired) electrons. The SMILES string of the molecule is CO[C@@](C(=O)O[C@@H]1CCC2C(C)(C)CCC[C@]2(C)[C@H]1CO)(c1ccccc1)C(F)(F)F. The van der Waals surface area contributed by atoms with Crippen LogP contribution in [0.15, 0.2) is 30.3 Å². The number of carbonyl (C=O) groups excluding carboxylic acids is 1. The van der Waals surface area contributed by atoms with Gasteiger partial charge in [0.15, 0.2) is 0 Å². The lowest BCUT2D eigenvalue weighted by Gasteiger charge is -2.58. The highest BCUT2D eigenvalue weighted by Gasteiger charge is 2.65.